The minimum atomic E-state index is -3.89. The summed E-state index contributed by atoms with van der Waals surface area (Å²) in [5, 5.41) is 0. The van der Waals surface area contributed by atoms with Crippen molar-refractivity contribution in [1.29, 1.82) is 0 Å². The third kappa shape index (κ3) is 2.90. The lowest BCUT2D eigenvalue weighted by Crippen LogP contribution is -2.10. The first-order valence-corrected chi connectivity index (χ1v) is 8.54. The van der Waals surface area contributed by atoms with Crippen LogP contribution in [0.5, 0.6) is 5.75 Å². The molecule has 0 amide bonds. The molecule has 0 spiro atoms. The quantitative estimate of drug-likeness (QED) is 0.642. The molecule has 0 saturated heterocycles. The average Bonchev–Trinajstić information content (AvgIpc) is 2.94. The van der Waals surface area contributed by atoms with E-state index in [-0.39, 0.29) is 16.4 Å². The second kappa shape index (κ2) is 5.57. The average molecular weight is 316 g/mol. The van der Waals surface area contributed by atoms with E-state index in [1.54, 1.807) is 24.3 Å². The van der Waals surface area contributed by atoms with E-state index in [4.69, 9.17) is 4.18 Å². The monoisotopic (exact) mass is 316 g/mol. The first-order valence-electron chi connectivity index (χ1n) is 7.13. The molecule has 0 N–H and O–H groups in total. The smallest absolute Gasteiger partial charge is 0.339 e. The Labute approximate surface area is 129 Å². The fourth-order valence-corrected chi connectivity index (χ4v) is 3.62. The van der Waals surface area contributed by atoms with Gasteiger partial charge in [0.15, 0.2) is 5.78 Å². The van der Waals surface area contributed by atoms with E-state index in [1.807, 2.05) is 6.07 Å². The predicted molar refractivity (Wildman–Crippen MR) is 82.7 cm³/mol. The van der Waals surface area contributed by atoms with Crippen LogP contribution in [-0.4, -0.2) is 14.2 Å². The Balaban J connectivity index is 1.90. The van der Waals surface area contributed by atoms with Gasteiger partial charge in [-0.1, -0.05) is 18.2 Å². The van der Waals surface area contributed by atoms with Crippen LogP contribution >= 0.6 is 0 Å². The van der Waals surface area contributed by atoms with Crippen molar-refractivity contribution >= 4 is 15.9 Å². The number of ketones is 1. The van der Waals surface area contributed by atoms with Crippen LogP contribution in [0.1, 0.15) is 34.8 Å². The van der Waals surface area contributed by atoms with Gasteiger partial charge in [0, 0.05) is 5.56 Å². The molecule has 3 rings (SSSR count). The summed E-state index contributed by atoms with van der Waals surface area (Å²) in [6.45, 7) is 1.42. The Kier molecular flexibility index (Phi) is 3.74. The maximum atomic E-state index is 12.4. The molecule has 0 atom stereocenters. The number of Topliss-reactive ketones (excluding diaryl/α,β-unsaturated/α-hetero) is 1. The molecule has 2 aromatic rings. The molecule has 1 aliphatic carbocycles. The number of hydrogen-bond donors (Lipinski definition) is 0. The topological polar surface area (TPSA) is 60.4 Å². The first kappa shape index (κ1) is 14.8. The van der Waals surface area contributed by atoms with Crippen molar-refractivity contribution in [3.8, 4) is 5.75 Å². The minimum Gasteiger partial charge on any atom is -0.379 e. The van der Waals surface area contributed by atoms with Gasteiger partial charge < -0.3 is 4.18 Å². The van der Waals surface area contributed by atoms with Gasteiger partial charge in [-0.2, -0.15) is 8.42 Å². The highest BCUT2D eigenvalue weighted by Crippen LogP contribution is 2.26. The summed E-state index contributed by atoms with van der Waals surface area (Å²) in [7, 11) is -3.89. The van der Waals surface area contributed by atoms with E-state index in [9.17, 15) is 13.2 Å². The molecule has 0 radical (unpaired) electrons. The van der Waals surface area contributed by atoms with Crippen molar-refractivity contribution in [2.45, 2.75) is 31.1 Å². The van der Waals surface area contributed by atoms with Gasteiger partial charge in [0.1, 0.15) is 10.6 Å². The molecule has 0 unspecified atom stereocenters. The van der Waals surface area contributed by atoms with Crippen LogP contribution in [0.25, 0.3) is 0 Å². The molecule has 0 fully saturated rings. The molecule has 0 aliphatic heterocycles. The first-order chi connectivity index (χ1) is 10.5. The molecule has 4 nitrogen and oxygen atoms in total. The Morgan fingerprint density at radius 1 is 1.05 bits per heavy atom. The number of aryl methyl sites for hydroxylation is 2. The molecule has 0 bridgehead atoms. The summed E-state index contributed by atoms with van der Waals surface area (Å²) in [5.41, 5.74) is 2.70. The van der Waals surface area contributed by atoms with Crippen LogP contribution in [0.2, 0.25) is 0 Å². The van der Waals surface area contributed by atoms with Crippen LogP contribution in [0.4, 0.5) is 0 Å². The Bertz CT molecular complexity index is 837. The van der Waals surface area contributed by atoms with Crippen molar-refractivity contribution in [3.05, 3.63) is 59.2 Å². The Morgan fingerprint density at radius 3 is 2.59 bits per heavy atom. The highest BCUT2D eigenvalue weighted by Gasteiger charge is 2.20. The minimum absolute atomic E-state index is 0.139. The molecule has 0 aromatic heterocycles. The highest BCUT2D eigenvalue weighted by molar-refractivity contribution is 7.87. The number of benzene rings is 2. The van der Waals surface area contributed by atoms with E-state index in [2.05, 4.69) is 0 Å². The fraction of sp³-hybridized carbons (Fsp3) is 0.235. The molecule has 22 heavy (non-hydrogen) atoms. The normalized spacial score (nSPS) is 13.7. The van der Waals surface area contributed by atoms with E-state index in [0.717, 1.165) is 24.8 Å². The zero-order chi connectivity index (χ0) is 15.7. The lowest BCUT2D eigenvalue weighted by molar-refractivity contribution is 0.101. The summed E-state index contributed by atoms with van der Waals surface area (Å²) in [6, 6.07) is 11.3. The summed E-state index contributed by atoms with van der Waals surface area (Å²) >= 11 is 0. The van der Waals surface area contributed by atoms with Crippen molar-refractivity contribution in [2.24, 2.45) is 0 Å². The van der Waals surface area contributed by atoms with Crippen LogP contribution in [-0.2, 0) is 23.0 Å². The molecule has 0 heterocycles. The van der Waals surface area contributed by atoms with Gasteiger partial charge in [0.25, 0.3) is 0 Å². The summed E-state index contributed by atoms with van der Waals surface area (Å²) in [4.78, 5) is 11.5. The second-order valence-corrected chi connectivity index (χ2v) is 6.95. The van der Waals surface area contributed by atoms with Crippen molar-refractivity contribution in [1.82, 2.24) is 0 Å². The van der Waals surface area contributed by atoms with Gasteiger partial charge >= 0.3 is 10.1 Å². The highest BCUT2D eigenvalue weighted by atomic mass is 32.2. The molecule has 5 heteroatoms. The van der Waals surface area contributed by atoms with Gasteiger partial charge in [-0.25, -0.2) is 0 Å². The molecule has 0 saturated carbocycles. The zero-order valence-electron chi connectivity index (χ0n) is 12.2. The Morgan fingerprint density at radius 2 is 1.82 bits per heavy atom. The summed E-state index contributed by atoms with van der Waals surface area (Å²) in [5.74, 6) is 0.00794. The van der Waals surface area contributed by atoms with Crippen molar-refractivity contribution < 1.29 is 17.4 Å². The SMILES string of the molecule is CC(=O)c1cccc(OS(=O)(=O)c2ccc3c(c2)CCC3)c1. The standard InChI is InChI=1S/C17H16O4S/c1-12(18)14-5-3-7-16(10-14)21-22(19,20)17-9-8-13-4-2-6-15(13)11-17/h3,5,7-11H,2,4,6H2,1H3. The van der Waals surface area contributed by atoms with Crippen molar-refractivity contribution in [2.75, 3.05) is 0 Å². The summed E-state index contributed by atoms with van der Waals surface area (Å²) in [6.07, 6.45) is 2.95. The van der Waals surface area contributed by atoms with Crippen LogP contribution in [0, 0.1) is 0 Å². The van der Waals surface area contributed by atoms with Crippen LogP contribution < -0.4 is 4.18 Å². The van der Waals surface area contributed by atoms with E-state index >= 15 is 0 Å². The number of carbonyl (C=O) groups excluding carboxylic acids is 1. The maximum Gasteiger partial charge on any atom is 0.339 e. The largest absolute Gasteiger partial charge is 0.379 e. The molecular formula is C17H16O4S. The number of rotatable bonds is 4. The van der Waals surface area contributed by atoms with E-state index < -0.39 is 10.1 Å². The number of carbonyl (C=O) groups is 1. The van der Waals surface area contributed by atoms with Gasteiger partial charge in [0.05, 0.1) is 0 Å². The van der Waals surface area contributed by atoms with Gasteiger partial charge in [-0.05, 0) is 61.6 Å². The number of fused-ring (bicyclic) bond motifs is 1. The third-order valence-electron chi connectivity index (χ3n) is 3.81. The molecule has 114 valence electrons. The van der Waals surface area contributed by atoms with Crippen LogP contribution in [0.15, 0.2) is 47.4 Å². The third-order valence-corrected chi connectivity index (χ3v) is 5.05. The zero-order valence-corrected chi connectivity index (χ0v) is 13.0. The van der Waals surface area contributed by atoms with E-state index in [1.165, 1.54) is 24.6 Å². The Hall–Kier alpha value is -2.14. The maximum absolute atomic E-state index is 12.4. The predicted octanol–water partition coefficient (Wildman–Crippen LogP) is 3.15. The lowest BCUT2D eigenvalue weighted by atomic mass is 10.1. The van der Waals surface area contributed by atoms with Crippen molar-refractivity contribution in [3.63, 3.8) is 0 Å². The molecule has 1 aliphatic rings. The fourth-order valence-electron chi connectivity index (χ4n) is 2.65. The molecular weight excluding hydrogens is 300 g/mol. The lowest BCUT2D eigenvalue weighted by Gasteiger charge is -2.09. The molecule has 2 aromatic carbocycles. The van der Waals surface area contributed by atoms with Gasteiger partial charge in [0.2, 0.25) is 0 Å². The number of hydrogen-bond acceptors (Lipinski definition) is 4. The second-order valence-electron chi connectivity index (χ2n) is 5.41. The van der Waals surface area contributed by atoms with Crippen LogP contribution in [0.3, 0.4) is 0 Å². The van der Waals surface area contributed by atoms with Gasteiger partial charge in [-0.3, -0.25) is 4.79 Å². The summed E-state index contributed by atoms with van der Waals surface area (Å²) < 4.78 is 29.9. The van der Waals surface area contributed by atoms with Gasteiger partial charge in [-0.15, -0.1) is 0 Å². The van der Waals surface area contributed by atoms with E-state index in [0.29, 0.717) is 5.56 Å².